The van der Waals surface area contributed by atoms with E-state index in [0.29, 0.717) is 5.92 Å². The van der Waals surface area contributed by atoms with Gasteiger partial charge in [0.15, 0.2) is 0 Å². The van der Waals surface area contributed by atoms with E-state index in [4.69, 9.17) is 0 Å². The van der Waals surface area contributed by atoms with Crippen LogP contribution in [-0.4, -0.2) is 30.0 Å². The Balaban J connectivity index is 1.51. The van der Waals surface area contributed by atoms with Crippen LogP contribution in [0.4, 0.5) is 0 Å². The normalized spacial score (nSPS) is 23.1. The van der Waals surface area contributed by atoms with Gasteiger partial charge in [-0.25, -0.2) is 0 Å². The summed E-state index contributed by atoms with van der Waals surface area (Å²) < 4.78 is 0. The minimum absolute atomic E-state index is 0.0668. The molecule has 1 atom stereocenters. The van der Waals surface area contributed by atoms with Crippen LogP contribution in [0.3, 0.4) is 0 Å². The predicted molar refractivity (Wildman–Crippen MR) is 83.8 cm³/mol. The number of benzene rings is 1. The Morgan fingerprint density at radius 3 is 2.80 bits per heavy atom. The van der Waals surface area contributed by atoms with Gasteiger partial charge in [0.1, 0.15) is 0 Å². The summed E-state index contributed by atoms with van der Waals surface area (Å²) in [7, 11) is 0. The van der Waals surface area contributed by atoms with E-state index in [-0.39, 0.29) is 11.9 Å². The number of fused-ring (bicyclic) bond motifs is 1. The highest BCUT2D eigenvalue weighted by atomic mass is 32.2. The Morgan fingerprint density at radius 1 is 1.25 bits per heavy atom. The third-order valence-corrected chi connectivity index (χ3v) is 5.35. The summed E-state index contributed by atoms with van der Waals surface area (Å²) in [6.07, 6.45) is 3.29. The van der Waals surface area contributed by atoms with Gasteiger partial charge < -0.3 is 10.6 Å². The molecule has 1 aromatic rings. The Labute approximate surface area is 124 Å². The van der Waals surface area contributed by atoms with E-state index in [0.717, 1.165) is 19.5 Å². The van der Waals surface area contributed by atoms with Crippen molar-refractivity contribution < 1.29 is 4.79 Å². The van der Waals surface area contributed by atoms with Gasteiger partial charge in [-0.2, -0.15) is 11.8 Å². The Kier molecular flexibility index (Phi) is 4.63. The third kappa shape index (κ3) is 3.36. The van der Waals surface area contributed by atoms with Crippen molar-refractivity contribution in [2.45, 2.75) is 31.8 Å². The maximum Gasteiger partial charge on any atom is 0.237 e. The molecule has 108 valence electrons. The van der Waals surface area contributed by atoms with Crippen molar-refractivity contribution in [2.75, 3.05) is 18.1 Å². The van der Waals surface area contributed by atoms with E-state index in [1.165, 1.54) is 35.5 Å². The number of carbonyl (C=O) groups excluding carboxylic acids is 1. The summed E-state index contributed by atoms with van der Waals surface area (Å²) in [5.41, 5.74) is 2.63. The lowest BCUT2D eigenvalue weighted by atomic mass is 9.95. The average Bonchev–Trinajstić information content (AvgIpc) is 2.53. The fourth-order valence-electron chi connectivity index (χ4n) is 2.96. The van der Waals surface area contributed by atoms with Crippen LogP contribution < -0.4 is 10.6 Å². The number of nitrogens with one attached hydrogen (secondary N) is 2. The quantitative estimate of drug-likeness (QED) is 0.894. The first-order chi connectivity index (χ1) is 9.83. The highest BCUT2D eigenvalue weighted by Crippen LogP contribution is 2.22. The van der Waals surface area contributed by atoms with Crippen LogP contribution in [0.15, 0.2) is 24.3 Å². The lowest BCUT2D eigenvalue weighted by Crippen LogP contribution is -2.48. The molecule has 4 heteroatoms. The summed E-state index contributed by atoms with van der Waals surface area (Å²) >= 11 is 2.03. The van der Waals surface area contributed by atoms with Crippen molar-refractivity contribution in [3.8, 4) is 0 Å². The summed E-state index contributed by atoms with van der Waals surface area (Å²) in [6.45, 7) is 1.65. The second-order valence-electron chi connectivity index (χ2n) is 5.71. The number of carbonyl (C=O) groups is 1. The minimum Gasteiger partial charge on any atom is -0.354 e. The van der Waals surface area contributed by atoms with Crippen molar-refractivity contribution in [3.05, 3.63) is 35.4 Å². The minimum atomic E-state index is -0.0668. The molecule has 2 aliphatic rings. The molecular weight excluding hydrogens is 268 g/mol. The van der Waals surface area contributed by atoms with Gasteiger partial charge in [-0.15, -0.1) is 0 Å². The number of amides is 1. The molecule has 0 spiro atoms. The van der Waals surface area contributed by atoms with Crippen molar-refractivity contribution in [1.29, 1.82) is 0 Å². The molecule has 3 nitrogen and oxygen atoms in total. The van der Waals surface area contributed by atoms with E-state index in [1.54, 1.807) is 0 Å². The van der Waals surface area contributed by atoms with Crippen LogP contribution >= 0.6 is 11.8 Å². The van der Waals surface area contributed by atoms with Crippen molar-refractivity contribution >= 4 is 17.7 Å². The van der Waals surface area contributed by atoms with Gasteiger partial charge in [-0.3, -0.25) is 4.79 Å². The first-order valence-electron chi connectivity index (χ1n) is 7.48. The van der Waals surface area contributed by atoms with E-state index >= 15 is 0 Å². The maximum atomic E-state index is 12.3. The van der Waals surface area contributed by atoms with E-state index in [1.807, 2.05) is 11.8 Å². The molecule has 1 aromatic carbocycles. The highest BCUT2D eigenvalue weighted by molar-refractivity contribution is 7.99. The summed E-state index contributed by atoms with van der Waals surface area (Å²) in [6, 6.07) is 8.31. The molecule has 1 saturated heterocycles. The molecule has 3 rings (SSSR count). The van der Waals surface area contributed by atoms with Gasteiger partial charge >= 0.3 is 0 Å². The first-order valence-corrected chi connectivity index (χ1v) is 8.64. The van der Waals surface area contributed by atoms with Gasteiger partial charge in [0.05, 0.1) is 6.04 Å². The zero-order valence-corrected chi connectivity index (χ0v) is 12.5. The summed E-state index contributed by atoms with van der Waals surface area (Å²) in [5.74, 6) is 3.33. The summed E-state index contributed by atoms with van der Waals surface area (Å²) in [5, 5.41) is 6.49. The summed E-state index contributed by atoms with van der Waals surface area (Å²) in [4.78, 5) is 12.3. The molecule has 2 aliphatic heterocycles. The number of hydrogen-bond acceptors (Lipinski definition) is 3. The predicted octanol–water partition coefficient (Wildman–Crippen LogP) is 1.96. The molecule has 0 saturated carbocycles. The van der Waals surface area contributed by atoms with Crippen molar-refractivity contribution in [3.63, 3.8) is 0 Å². The van der Waals surface area contributed by atoms with E-state index in [9.17, 15) is 4.79 Å². The fourth-order valence-corrected chi connectivity index (χ4v) is 4.16. The van der Waals surface area contributed by atoms with Gasteiger partial charge in [0, 0.05) is 13.1 Å². The Morgan fingerprint density at radius 2 is 2.00 bits per heavy atom. The van der Waals surface area contributed by atoms with Gasteiger partial charge in [-0.05, 0) is 47.8 Å². The van der Waals surface area contributed by atoms with Crippen LogP contribution in [0.1, 0.15) is 24.0 Å². The molecule has 2 heterocycles. The molecule has 1 amide bonds. The molecule has 0 aliphatic carbocycles. The van der Waals surface area contributed by atoms with Crippen LogP contribution in [0.2, 0.25) is 0 Å². The van der Waals surface area contributed by atoms with E-state index in [2.05, 4.69) is 34.9 Å². The standard InChI is InChI=1S/C16H22N2OS/c19-16(18-10-12-5-7-20-8-6-12)15-9-13-3-1-2-4-14(13)11-17-15/h1-4,12,15,17H,5-11H2,(H,18,19)/t15-/m1/s1. The zero-order valence-electron chi connectivity index (χ0n) is 11.7. The number of rotatable bonds is 3. The molecule has 0 bridgehead atoms. The molecular formula is C16H22N2OS. The molecule has 2 N–H and O–H groups in total. The van der Waals surface area contributed by atoms with Crippen LogP contribution in [0.25, 0.3) is 0 Å². The van der Waals surface area contributed by atoms with E-state index < -0.39 is 0 Å². The fraction of sp³-hybridized carbons (Fsp3) is 0.562. The highest BCUT2D eigenvalue weighted by Gasteiger charge is 2.24. The van der Waals surface area contributed by atoms with Crippen LogP contribution in [0.5, 0.6) is 0 Å². The number of hydrogen-bond donors (Lipinski definition) is 2. The topological polar surface area (TPSA) is 41.1 Å². The van der Waals surface area contributed by atoms with Crippen LogP contribution in [0, 0.1) is 5.92 Å². The first kappa shape index (κ1) is 14.0. The largest absolute Gasteiger partial charge is 0.354 e. The van der Waals surface area contributed by atoms with Gasteiger partial charge in [0.25, 0.3) is 0 Å². The van der Waals surface area contributed by atoms with Crippen molar-refractivity contribution in [1.82, 2.24) is 10.6 Å². The molecule has 20 heavy (non-hydrogen) atoms. The lowest BCUT2D eigenvalue weighted by molar-refractivity contribution is -0.123. The monoisotopic (exact) mass is 290 g/mol. The smallest absolute Gasteiger partial charge is 0.237 e. The molecule has 0 aromatic heterocycles. The van der Waals surface area contributed by atoms with Gasteiger partial charge in [-0.1, -0.05) is 24.3 Å². The van der Waals surface area contributed by atoms with Crippen LogP contribution in [-0.2, 0) is 17.8 Å². The molecule has 1 fully saturated rings. The van der Waals surface area contributed by atoms with Crippen molar-refractivity contribution in [2.24, 2.45) is 5.92 Å². The average molecular weight is 290 g/mol. The van der Waals surface area contributed by atoms with Gasteiger partial charge in [0.2, 0.25) is 5.91 Å². The second-order valence-corrected chi connectivity index (χ2v) is 6.93. The maximum absolute atomic E-state index is 12.3. The Bertz CT molecular complexity index is 471. The SMILES string of the molecule is O=C(NCC1CCSCC1)[C@H]1Cc2ccccc2CN1. The molecule has 0 radical (unpaired) electrons. The second kappa shape index (κ2) is 6.64. The molecule has 0 unspecified atom stereocenters. The lowest BCUT2D eigenvalue weighted by Gasteiger charge is -2.27. The number of thioether (sulfide) groups is 1. The zero-order chi connectivity index (χ0) is 13.8. The third-order valence-electron chi connectivity index (χ3n) is 4.30. The Hall–Kier alpha value is -1.00.